The summed E-state index contributed by atoms with van der Waals surface area (Å²) in [6, 6.07) is 29.6. The maximum absolute atomic E-state index is 4.82. The average Bonchev–Trinajstić information content (AvgIpc) is 2.61. The maximum Gasteiger partial charge on any atom is 0.0709 e. The van der Waals surface area contributed by atoms with Gasteiger partial charge in [-0.2, -0.15) is 0 Å². The quantitative estimate of drug-likeness (QED) is 0.450. The summed E-state index contributed by atoms with van der Waals surface area (Å²) in [5, 5.41) is 1.17. The highest BCUT2D eigenvalue weighted by Gasteiger charge is 2.04. The molecule has 0 spiro atoms. The normalized spacial score (nSPS) is 10.8. The van der Waals surface area contributed by atoms with Crippen molar-refractivity contribution in [1.82, 2.24) is 4.98 Å². The Labute approximate surface area is 136 Å². The third-order valence-electron chi connectivity index (χ3n) is 4.11. The number of rotatable bonds is 2. The van der Waals surface area contributed by atoms with Crippen molar-refractivity contribution in [2.24, 2.45) is 0 Å². The maximum atomic E-state index is 4.82. The van der Waals surface area contributed by atoms with Gasteiger partial charge in [0.25, 0.3) is 0 Å². The highest BCUT2D eigenvalue weighted by Crippen LogP contribution is 2.26. The molecule has 0 fully saturated rings. The standard InChI is InChI=1S/C22H17N/c1-16-6-5-9-19(14-16)21-13-11-20-15-18(10-12-22(20)23-21)17-7-3-2-4-8-17/h2-15H,1H3. The van der Waals surface area contributed by atoms with Crippen LogP contribution in [0, 0.1) is 6.92 Å². The van der Waals surface area contributed by atoms with Gasteiger partial charge >= 0.3 is 0 Å². The van der Waals surface area contributed by atoms with E-state index in [0.29, 0.717) is 0 Å². The number of aryl methyl sites for hydroxylation is 1. The van der Waals surface area contributed by atoms with Crippen LogP contribution in [0.15, 0.2) is 84.9 Å². The summed E-state index contributed by atoms with van der Waals surface area (Å²) < 4.78 is 0. The number of nitrogens with zero attached hydrogens (tertiary/aromatic N) is 1. The molecule has 0 aliphatic rings. The Morgan fingerprint density at radius 2 is 1.43 bits per heavy atom. The lowest BCUT2D eigenvalue weighted by molar-refractivity contribution is 1.38. The Morgan fingerprint density at radius 1 is 0.609 bits per heavy atom. The van der Waals surface area contributed by atoms with Gasteiger partial charge in [0.1, 0.15) is 0 Å². The van der Waals surface area contributed by atoms with Crippen LogP contribution >= 0.6 is 0 Å². The first-order valence-corrected chi connectivity index (χ1v) is 7.83. The number of fused-ring (bicyclic) bond motifs is 1. The highest BCUT2D eigenvalue weighted by atomic mass is 14.7. The fourth-order valence-corrected chi connectivity index (χ4v) is 2.90. The van der Waals surface area contributed by atoms with E-state index >= 15 is 0 Å². The molecule has 0 amide bonds. The lowest BCUT2D eigenvalue weighted by atomic mass is 10.0. The van der Waals surface area contributed by atoms with E-state index in [1.807, 2.05) is 6.07 Å². The van der Waals surface area contributed by atoms with E-state index in [4.69, 9.17) is 4.98 Å². The van der Waals surface area contributed by atoms with Gasteiger partial charge in [-0.15, -0.1) is 0 Å². The van der Waals surface area contributed by atoms with E-state index in [1.54, 1.807) is 0 Å². The first-order chi connectivity index (χ1) is 11.3. The molecule has 0 radical (unpaired) electrons. The molecule has 0 unspecified atom stereocenters. The Balaban J connectivity index is 1.79. The van der Waals surface area contributed by atoms with Gasteiger partial charge in [0.05, 0.1) is 11.2 Å². The molecule has 23 heavy (non-hydrogen) atoms. The third-order valence-corrected chi connectivity index (χ3v) is 4.11. The molecule has 0 saturated heterocycles. The predicted octanol–water partition coefficient (Wildman–Crippen LogP) is 5.88. The van der Waals surface area contributed by atoms with Crippen molar-refractivity contribution in [2.45, 2.75) is 6.92 Å². The molecule has 0 aliphatic heterocycles. The molecule has 0 atom stereocenters. The zero-order valence-electron chi connectivity index (χ0n) is 13.0. The predicted molar refractivity (Wildman–Crippen MR) is 97.4 cm³/mol. The second-order valence-corrected chi connectivity index (χ2v) is 5.84. The van der Waals surface area contributed by atoms with Crippen LogP contribution in [0.1, 0.15) is 5.56 Å². The molecule has 0 N–H and O–H groups in total. The average molecular weight is 295 g/mol. The molecular formula is C22H17N. The van der Waals surface area contributed by atoms with E-state index in [0.717, 1.165) is 11.2 Å². The Hall–Kier alpha value is -2.93. The topological polar surface area (TPSA) is 12.9 Å². The van der Waals surface area contributed by atoms with E-state index in [1.165, 1.54) is 27.6 Å². The Bertz CT molecular complexity index is 971. The number of pyridine rings is 1. The second-order valence-electron chi connectivity index (χ2n) is 5.84. The molecule has 1 nitrogen and oxygen atoms in total. The first-order valence-electron chi connectivity index (χ1n) is 7.83. The minimum Gasteiger partial charge on any atom is -0.248 e. The van der Waals surface area contributed by atoms with Crippen LogP contribution in [0.2, 0.25) is 0 Å². The molecule has 0 bridgehead atoms. The van der Waals surface area contributed by atoms with Crippen molar-refractivity contribution >= 4 is 10.9 Å². The highest BCUT2D eigenvalue weighted by molar-refractivity contribution is 5.86. The first kappa shape index (κ1) is 13.7. The fourth-order valence-electron chi connectivity index (χ4n) is 2.90. The molecule has 1 heteroatoms. The minimum atomic E-state index is 1.02. The summed E-state index contributed by atoms with van der Waals surface area (Å²) in [4.78, 5) is 4.82. The number of benzene rings is 3. The van der Waals surface area contributed by atoms with Gasteiger partial charge in [0.2, 0.25) is 0 Å². The molecule has 3 aromatic carbocycles. The van der Waals surface area contributed by atoms with Crippen LogP contribution in [0.3, 0.4) is 0 Å². The van der Waals surface area contributed by atoms with Crippen LogP contribution < -0.4 is 0 Å². The van der Waals surface area contributed by atoms with E-state index in [-0.39, 0.29) is 0 Å². The molecule has 110 valence electrons. The monoisotopic (exact) mass is 295 g/mol. The van der Waals surface area contributed by atoms with Crippen molar-refractivity contribution in [3.63, 3.8) is 0 Å². The largest absolute Gasteiger partial charge is 0.248 e. The van der Waals surface area contributed by atoms with Gasteiger partial charge in [0.15, 0.2) is 0 Å². The van der Waals surface area contributed by atoms with Gasteiger partial charge in [-0.05, 0) is 42.3 Å². The lowest BCUT2D eigenvalue weighted by Crippen LogP contribution is -1.87. The van der Waals surface area contributed by atoms with E-state index in [2.05, 4.69) is 85.8 Å². The van der Waals surface area contributed by atoms with Crippen molar-refractivity contribution in [2.75, 3.05) is 0 Å². The van der Waals surface area contributed by atoms with Crippen molar-refractivity contribution in [3.05, 3.63) is 90.5 Å². The van der Waals surface area contributed by atoms with Gasteiger partial charge in [0, 0.05) is 10.9 Å². The Kier molecular flexibility index (Phi) is 3.39. The lowest BCUT2D eigenvalue weighted by Gasteiger charge is -2.07. The molecule has 0 aliphatic carbocycles. The minimum absolute atomic E-state index is 1.02. The molecule has 4 rings (SSSR count). The fraction of sp³-hybridized carbons (Fsp3) is 0.0455. The summed E-state index contributed by atoms with van der Waals surface area (Å²) in [7, 11) is 0. The summed E-state index contributed by atoms with van der Waals surface area (Å²) in [6.45, 7) is 2.11. The van der Waals surface area contributed by atoms with Gasteiger partial charge < -0.3 is 0 Å². The molecule has 0 saturated carbocycles. The molecular weight excluding hydrogens is 278 g/mol. The van der Waals surface area contributed by atoms with Crippen LogP contribution in [-0.2, 0) is 0 Å². The van der Waals surface area contributed by atoms with Gasteiger partial charge in [-0.3, -0.25) is 0 Å². The van der Waals surface area contributed by atoms with Crippen molar-refractivity contribution in [1.29, 1.82) is 0 Å². The van der Waals surface area contributed by atoms with Crippen molar-refractivity contribution < 1.29 is 0 Å². The number of hydrogen-bond donors (Lipinski definition) is 0. The van der Waals surface area contributed by atoms with Gasteiger partial charge in [-0.1, -0.05) is 66.2 Å². The zero-order valence-corrected chi connectivity index (χ0v) is 13.0. The van der Waals surface area contributed by atoms with Crippen LogP contribution in [0.4, 0.5) is 0 Å². The second kappa shape index (κ2) is 5.69. The Morgan fingerprint density at radius 3 is 2.26 bits per heavy atom. The summed E-state index contributed by atoms with van der Waals surface area (Å²) >= 11 is 0. The summed E-state index contributed by atoms with van der Waals surface area (Å²) in [6.07, 6.45) is 0. The smallest absolute Gasteiger partial charge is 0.0709 e. The summed E-state index contributed by atoms with van der Waals surface area (Å²) in [5.74, 6) is 0. The molecule has 1 aromatic heterocycles. The number of aromatic nitrogens is 1. The van der Waals surface area contributed by atoms with E-state index in [9.17, 15) is 0 Å². The number of hydrogen-bond acceptors (Lipinski definition) is 1. The van der Waals surface area contributed by atoms with Gasteiger partial charge in [-0.25, -0.2) is 4.98 Å². The summed E-state index contributed by atoms with van der Waals surface area (Å²) in [5.41, 5.74) is 6.93. The van der Waals surface area contributed by atoms with Crippen molar-refractivity contribution in [3.8, 4) is 22.4 Å². The zero-order chi connectivity index (χ0) is 15.6. The molecule has 4 aromatic rings. The van der Waals surface area contributed by atoms with Crippen LogP contribution in [0.25, 0.3) is 33.3 Å². The van der Waals surface area contributed by atoms with E-state index < -0.39 is 0 Å². The van der Waals surface area contributed by atoms with Crippen LogP contribution in [0.5, 0.6) is 0 Å². The van der Waals surface area contributed by atoms with Crippen LogP contribution in [-0.4, -0.2) is 4.98 Å². The molecule has 1 heterocycles. The third kappa shape index (κ3) is 2.74. The SMILES string of the molecule is Cc1cccc(-c2ccc3cc(-c4ccccc4)ccc3n2)c1.